The van der Waals surface area contributed by atoms with Gasteiger partial charge in [-0.1, -0.05) is 38.3 Å². The lowest BCUT2D eigenvalue weighted by molar-refractivity contribution is -0.142. The van der Waals surface area contributed by atoms with E-state index in [1.165, 1.54) is 13.5 Å². The van der Waals surface area contributed by atoms with E-state index in [0.717, 1.165) is 28.4 Å². The fourth-order valence-electron chi connectivity index (χ4n) is 2.15. The van der Waals surface area contributed by atoms with Crippen molar-refractivity contribution in [3.63, 3.8) is 0 Å². The topological polar surface area (TPSA) is 67.4 Å². The fraction of sp³-hybridized carbons (Fsp3) is 0.529. The maximum atomic E-state index is 11.9. The lowest BCUT2D eigenvalue weighted by atomic mass is 10.1. The molecule has 23 heavy (non-hydrogen) atoms. The van der Waals surface area contributed by atoms with Crippen LogP contribution in [0.15, 0.2) is 24.3 Å². The number of methoxy groups -OCH3 is 1. The zero-order chi connectivity index (χ0) is 17.1. The molecule has 1 atom stereocenters. The maximum Gasteiger partial charge on any atom is 0.328 e. The van der Waals surface area contributed by atoms with Gasteiger partial charge >= 0.3 is 12.0 Å². The van der Waals surface area contributed by atoms with Crippen molar-refractivity contribution in [3.8, 4) is 0 Å². The normalized spacial score (nSPS) is 11.6. The summed E-state index contributed by atoms with van der Waals surface area (Å²) < 4.78 is 5.91. The van der Waals surface area contributed by atoms with Crippen LogP contribution in [0.5, 0.6) is 0 Å². The average molecular weight is 432 g/mol. The number of esters is 1. The number of benzene rings is 1. The Hall–Kier alpha value is -1.31. The number of carbonyl (C=O) groups excluding carboxylic acids is 2. The molecule has 0 aliphatic rings. The summed E-state index contributed by atoms with van der Waals surface area (Å²) in [7, 11) is 1.33. The van der Waals surface area contributed by atoms with Gasteiger partial charge in [0, 0.05) is 16.5 Å². The summed E-state index contributed by atoms with van der Waals surface area (Å²) in [5.74, 6) is -0.440. The number of hydrogen-bond donors (Lipinski definition) is 2. The monoisotopic (exact) mass is 432 g/mol. The van der Waals surface area contributed by atoms with Crippen LogP contribution in [-0.2, 0) is 16.0 Å². The Bertz CT molecular complexity index is 491. The van der Waals surface area contributed by atoms with Gasteiger partial charge in [-0.15, -0.1) is 0 Å². The van der Waals surface area contributed by atoms with Crippen LogP contribution in [0, 0.1) is 3.57 Å². The summed E-state index contributed by atoms with van der Waals surface area (Å²) in [6.45, 7) is 2.76. The van der Waals surface area contributed by atoms with Gasteiger partial charge < -0.3 is 15.4 Å². The minimum atomic E-state index is -0.685. The highest BCUT2D eigenvalue weighted by atomic mass is 127. The minimum Gasteiger partial charge on any atom is -0.467 e. The standard InChI is InChI=1S/C17H25IN2O3/c1-3-4-5-6-11-19-17(22)20-15(16(21)23-2)12-13-7-9-14(18)10-8-13/h7-10,15H,3-6,11-12H2,1-2H3,(H2,19,20,22)/t15-/m0/s1. The van der Waals surface area contributed by atoms with Crippen LogP contribution in [-0.4, -0.2) is 31.7 Å². The van der Waals surface area contributed by atoms with Crippen molar-refractivity contribution >= 4 is 34.6 Å². The number of ether oxygens (including phenoxy) is 1. The Morgan fingerprint density at radius 2 is 1.87 bits per heavy atom. The molecule has 1 aromatic carbocycles. The number of unbranched alkanes of at least 4 members (excludes halogenated alkanes) is 3. The molecule has 5 nitrogen and oxygen atoms in total. The maximum absolute atomic E-state index is 11.9. The molecule has 0 bridgehead atoms. The Morgan fingerprint density at radius 1 is 1.17 bits per heavy atom. The third-order valence-corrected chi connectivity index (χ3v) is 4.18. The van der Waals surface area contributed by atoms with Crippen molar-refractivity contribution in [2.75, 3.05) is 13.7 Å². The first-order valence-electron chi connectivity index (χ1n) is 7.93. The minimum absolute atomic E-state index is 0.331. The van der Waals surface area contributed by atoms with E-state index in [1.807, 2.05) is 24.3 Å². The van der Waals surface area contributed by atoms with Gasteiger partial charge in [0.25, 0.3) is 0 Å². The van der Waals surface area contributed by atoms with Crippen molar-refractivity contribution in [1.29, 1.82) is 0 Å². The van der Waals surface area contributed by atoms with Crippen molar-refractivity contribution in [1.82, 2.24) is 10.6 Å². The van der Waals surface area contributed by atoms with Crippen LogP contribution in [0.2, 0.25) is 0 Å². The average Bonchev–Trinajstić information content (AvgIpc) is 2.55. The Morgan fingerprint density at radius 3 is 2.48 bits per heavy atom. The molecule has 0 saturated heterocycles. The van der Waals surface area contributed by atoms with E-state index < -0.39 is 12.0 Å². The number of halogens is 1. The number of nitrogens with one attached hydrogen (secondary N) is 2. The predicted octanol–water partition coefficient (Wildman–Crippen LogP) is 3.25. The fourth-order valence-corrected chi connectivity index (χ4v) is 2.51. The predicted molar refractivity (Wildman–Crippen MR) is 99.3 cm³/mol. The molecule has 0 aliphatic heterocycles. The summed E-state index contributed by atoms with van der Waals surface area (Å²) in [6, 6.07) is 6.82. The summed E-state index contributed by atoms with van der Waals surface area (Å²) in [5.41, 5.74) is 0.976. The second-order valence-electron chi connectivity index (χ2n) is 5.37. The van der Waals surface area contributed by atoms with Gasteiger partial charge in [-0.05, 0) is 46.7 Å². The molecule has 1 rings (SSSR count). The summed E-state index contributed by atoms with van der Waals surface area (Å²) in [5, 5.41) is 5.48. The van der Waals surface area contributed by atoms with Gasteiger partial charge in [-0.2, -0.15) is 0 Å². The largest absolute Gasteiger partial charge is 0.467 e. The summed E-state index contributed by atoms with van der Waals surface area (Å²) in [6.07, 6.45) is 4.78. The number of urea groups is 1. The lowest BCUT2D eigenvalue weighted by Gasteiger charge is -2.17. The highest BCUT2D eigenvalue weighted by molar-refractivity contribution is 14.1. The number of amides is 2. The first kappa shape index (κ1) is 19.7. The number of carbonyl (C=O) groups is 2. The van der Waals surface area contributed by atoms with E-state index in [4.69, 9.17) is 4.74 Å². The van der Waals surface area contributed by atoms with Crippen LogP contribution in [0.1, 0.15) is 38.2 Å². The SMILES string of the molecule is CCCCCCNC(=O)N[C@@H](Cc1ccc(I)cc1)C(=O)OC. The molecule has 2 N–H and O–H groups in total. The van der Waals surface area contributed by atoms with E-state index in [-0.39, 0.29) is 6.03 Å². The van der Waals surface area contributed by atoms with Crippen LogP contribution in [0.4, 0.5) is 4.79 Å². The highest BCUT2D eigenvalue weighted by Gasteiger charge is 2.21. The molecule has 0 saturated carbocycles. The van der Waals surface area contributed by atoms with Gasteiger partial charge in [-0.25, -0.2) is 9.59 Å². The van der Waals surface area contributed by atoms with Gasteiger partial charge in [-0.3, -0.25) is 0 Å². The van der Waals surface area contributed by atoms with E-state index in [0.29, 0.717) is 13.0 Å². The molecule has 0 radical (unpaired) electrons. The van der Waals surface area contributed by atoms with Gasteiger partial charge in [0.05, 0.1) is 7.11 Å². The van der Waals surface area contributed by atoms with Crippen molar-refractivity contribution < 1.29 is 14.3 Å². The third-order valence-electron chi connectivity index (χ3n) is 3.46. The molecule has 6 heteroatoms. The molecule has 0 heterocycles. The van der Waals surface area contributed by atoms with E-state index in [1.54, 1.807) is 0 Å². The highest BCUT2D eigenvalue weighted by Crippen LogP contribution is 2.09. The van der Waals surface area contributed by atoms with Gasteiger partial charge in [0.1, 0.15) is 6.04 Å². The van der Waals surface area contributed by atoms with Gasteiger partial charge in [0.15, 0.2) is 0 Å². The Balaban J connectivity index is 2.49. The molecule has 0 spiro atoms. The molecular formula is C17H25IN2O3. The number of hydrogen-bond acceptors (Lipinski definition) is 3. The Labute approximate surface area is 151 Å². The quantitative estimate of drug-likeness (QED) is 0.358. The molecule has 0 aliphatic carbocycles. The van der Waals surface area contributed by atoms with E-state index in [2.05, 4.69) is 40.1 Å². The zero-order valence-electron chi connectivity index (χ0n) is 13.7. The molecule has 128 valence electrons. The summed E-state index contributed by atoms with van der Waals surface area (Å²) in [4.78, 5) is 23.8. The smallest absolute Gasteiger partial charge is 0.328 e. The first-order valence-corrected chi connectivity index (χ1v) is 9.01. The Kier molecular flexibility index (Phi) is 9.66. The van der Waals surface area contributed by atoms with Crippen LogP contribution in [0.3, 0.4) is 0 Å². The van der Waals surface area contributed by atoms with E-state index >= 15 is 0 Å². The van der Waals surface area contributed by atoms with Crippen molar-refractivity contribution in [2.24, 2.45) is 0 Å². The van der Waals surface area contributed by atoms with Crippen LogP contribution >= 0.6 is 22.6 Å². The van der Waals surface area contributed by atoms with Gasteiger partial charge in [0.2, 0.25) is 0 Å². The molecular weight excluding hydrogens is 407 g/mol. The van der Waals surface area contributed by atoms with Crippen molar-refractivity contribution in [3.05, 3.63) is 33.4 Å². The first-order chi connectivity index (χ1) is 11.1. The molecule has 0 fully saturated rings. The second kappa shape index (κ2) is 11.3. The zero-order valence-corrected chi connectivity index (χ0v) is 15.9. The molecule has 0 unspecified atom stereocenters. The second-order valence-corrected chi connectivity index (χ2v) is 6.61. The van der Waals surface area contributed by atoms with Crippen LogP contribution < -0.4 is 10.6 Å². The van der Waals surface area contributed by atoms with Crippen LogP contribution in [0.25, 0.3) is 0 Å². The van der Waals surface area contributed by atoms with E-state index in [9.17, 15) is 9.59 Å². The summed E-state index contributed by atoms with van der Waals surface area (Å²) >= 11 is 2.22. The third kappa shape index (κ3) is 8.20. The van der Waals surface area contributed by atoms with Crippen molar-refractivity contribution in [2.45, 2.75) is 45.1 Å². The lowest BCUT2D eigenvalue weighted by Crippen LogP contribution is -2.47. The number of rotatable bonds is 9. The molecule has 2 amide bonds. The molecule has 1 aromatic rings. The molecule has 0 aromatic heterocycles.